The molecule has 9 unspecified atom stereocenters. The van der Waals surface area contributed by atoms with E-state index in [4.69, 9.17) is 24.1 Å². The van der Waals surface area contributed by atoms with E-state index >= 15 is 0 Å². The van der Waals surface area contributed by atoms with Crippen molar-refractivity contribution in [3.05, 3.63) is 0 Å². The second-order valence-corrected chi connectivity index (χ2v) is 5.29. The van der Waals surface area contributed by atoms with Gasteiger partial charge in [0.25, 0.3) is 0 Å². The molecular weight excluding hydrogens is 304 g/mol. The molecule has 22 heavy (non-hydrogen) atoms. The first-order valence-corrected chi connectivity index (χ1v) is 6.87. The largest absolute Gasteiger partial charge is 0.394 e. The Morgan fingerprint density at radius 3 is 2.23 bits per heavy atom. The summed E-state index contributed by atoms with van der Waals surface area (Å²) in [7, 11) is 1.27. The second kappa shape index (κ2) is 7.45. The van der Waals surface area contributed by atoms with E-state index in [2.05, 4.69) is 0 Å². The molecule has 0 saturated carbocycles. The smallest absolute Gasteiger partial charge is 0.186 e. The molecule has 0 aromatic rings. The van der Waals surface area contributed by atoms with Crippen LogP contribution < -0.4 is 0 Å². The van der Waals surface area contributed by atoms with Crippen LogP contribution in [-0.4, -0.2) is 106 Å². The minimum atomic E-state index is -1.55. The third kappa shape index (κ3) is 3.41. The summed E-state index contributed by atoms with van der Waals surface area (Å²) < 4.78 is 20.7. The maximum atomic E-state index is 10.1. The Hall–Kier alpha value is -0.400. The minimum absolute atomic E-state index is 0.272. The van der Waals surface area contributed by atoms with Crippen molar-refractivity contribution in [2.45, 2.75) is 55.3 Å². The topological polar surface area (TPSA) is 158 Å². The standard InChI is InChI=1S/C12H22O10/c1-19-12-10(8(17)7(16)5(2-13)21-12)22-11-9(18)6(15)4(14)3-20-11/h4-18H,2-3H2,1H3. The summed E-state index contributed by atoms with van der Waals surface area (Å²) in [6.45, 7) is -0.801. The summed E-state index contributed by atoms with van der Waals surface area (Å²) in [6, 6.07) is 0. The summed E-state index contributed by atoms with van der Waals surface area (Å²) in [5.74, 6) is 0. The van der Waals surface area contributed by atoms with E-state index in [1.165, 1.54) is 7.11 Å². The SMILES string of the molecule is COC1OC(CO)C(O)C(O)C1OC1OCC(O)C(O)C1O. The first-order valence-electron chi connectivity index (χ1n) is 6.87. The van der Waals surface area contributed by atoms with Crippen LogP contribution in [0.1, 0.15) is 0 Å². The highest BCUT2D eigenvalue weighted by Crippen LogP contribution is 2.27. The lowest BCUT2D eigenvalue weighted by molar-refractivity contribution is -0.353. The maximum Gasteiger partial charge on any atom is 0.186 e. The molecule has 0 amide bonds. The predicted molar refractivity (Wildman–Crippen MR) is 67.4 cm³/mol. The van der Waals surface area contributed by atoms with Crippen LogP contribution in [0.15, 0.2) is 0 Å². The van der Waals surface area contributed by atoms with Crippen LogP contribution >= 0.6 is 0 Å². The van der Waals surface area contributed by atoms with Gasteiger partial charge < -0.3 is 49.6 Å². The lowest BCUT2D eigenvalue weighted by Gasteiger charge is -2.44. The van der Waals surface area contributed by atoms with Crippen LogP contribution in [0.3, 0.4) is 0 Å². The third-order valence-electron chi connectivity index (χ3n) is 3.80. The van der Waals surface area contributed by atoms with E-state index in [0.29, 0.717) is 0 Å². The number of hydrogen-bond acceptors (Lipinski definition) is 10. The van der Waals surface area contributed by atoms with Gasteiger partial charge in [-0.2, -0.15) is 0 Å². The molecule has 0 radical (unpaired) electrons. The van der Waals surface area contributed by atoms with Crippen molar-refractivity contribution >= 4 is 0 Å². The molecule has 2 rings (SSSR count). The van der Waals surface area contributed by atoms with Gasteiger partial charge in [-0.3, -0.25) is 0 Å². The van der Waals surface area contributed by atoms with Gasteiger partial charge in [0.15, 0.2) is 12.6 Å². The van der Waals surface area contributed by atoms with E-state index in [0.717, 1.165) is 0 Å². The van der Waals surface area contributed by atoms with Gasteiger partial charge in [-0.15, -0.1) is 0 Å². The molecule has 0 bridgehead atoms. The molecule has 0 aliphatic carbocycles. The number of aliphatic hydroxyl groups is 6. The average Bonchev–Trinajstić information content (AvgIpc) is 2.52. The fourth-order valence-corrected chi connectivity index (χ4v) is 2.44. The van der Waals surface area contributed by atoms with Gasteiger partial charge in [0.1, 0.15) is 42.7 Å². The summed E-state index contributed by atoms with van der Waals surface area (Å²) in [6.07, 6.45) is -12.0. The average molecular weight is 326 g/mol. The van der Waals surface area contributed by atoms with Crippen molar-refractivity contribution in [2.24, 2.45) is 0 Å². The number of aliphatic hydroxyl groups excluding tert-OH is 6. The van der Waals surface area contributed by atoms with E-state index < -0.39 is 61.9 Å². The van der Waals surface area contributed by atoms with Crippen molar-refractivity contribution in [1.29, 1.82) is 0 Å². The molecular formula is C12H22O10. The van der Waals surface area contributed by atoms with Crippen LogP contribution in [0.4, 0.5) is 0 Å². The highest BCUT2D eigenvalue weighted by molar-refractivity contribution is 4.91. The normalized spacial score (nSPS) is 50.0. The Kier molecular flexibility index (Phi) is 6.07. The van der Waals surface area contributed by atoms with Gasteiger partial charge >= 0.3 is 0 Å². The van der Waals surface area contributed by atoms with E-state index in [9.17, 15) is 25.5 Å². The number of methoxy groups -OCH3 is 1. The lowest BCUT2D eigenvalue weighted by Crippen LogP contribution is -2.63. The molecule has 2 saturated heterocycles. The van der Waals surface area contributed by atoms with Crippen molar-refractivity contribution in [2.75, 3.05) is 20.3 Å². The predicted octanol–water partition coefficient (Wildman–Crippen LogP) is -4.10. The third-order valence-corrected chi connectivity index (χ3v) is 3.80. The molecule has 10 nitrogen and oxygen atoms in total. The van der Waals surface area contributed by atoms with Crippen LogP contribution in [0.2, 0.25) is 0 Å². The first kappa shape index (κ1) is 17.9. The van der Waals surface area contributed by atoms with Gasteiger partial charge in [0.2, 0.25) is 0 Å². The van der Waals surface area contributed by atoms with Crippen molar-refractivity contribution < 1.29 is 49.6 Å². The molecule has 2 fully saturated rings. The van der Waals surface area contributed by atoms with Gasteiger partial charge in [-0.05, 0) is 0 Å². The zero-order valence-electron chi connectivity index (χ0n) is 11.9. The minimum Gasteiger partial charge on any atom is -0.394 e. The zero-order chi connectivity index (χ0) is 16.4. The molecule has 2 heterocycles. The van der Waals surface area contributed by atoms with E-state index in [-0.39, 0.29) is 6.61 Å². The van der Waals surface area contributed by atoms with Crippen LogP contribution in [0.25, 0.3) is 0 Å². The van der Waals surface area contributed by atoms with Gasteiger partial charge in [-0.25, -0.2) is 0 Å². The fourth-order valence-electron chi connectivity index (χ4n) is 2.44. The molecule has 2 aliphatic heterocycles. The van der Waals surface area contributed by atoms with Crippen LogP contribution in [0, 0.1) is 0 Å². The number of rotatable bonds is 4. The highest BCUT2D eigenvalue weighted by atomic mass is 16.7. The van der Waals surface area contributed by atoms with E-state index in [1.807, 2.05) is 0 Å². The molecule has 130 valence electrons. The maximum absolute atomic E-state index is 10.1. The Labute approximate surface area is 126 Å². The molecule has 0 aromatic heterocycles. The van der Waals surface area contributed by atoms with Gasteiger partial charge in [0.05, 0.1) is 13.2 Å². The molecule has 0 spiro atoms. The summed E-state index contributed by atoms with van der Waals surface area (Å²) in [5.41, 5.74) is 0. The molecule has 9 atom stereocenters. The second-order valence-electron chi connectivity index (χ2n) is 5.29. The van der Waals surface area contributed by atoms with Crippen molar-refractivity contribution in [3.8, 4) is 0 Å². The van der Waals surface area contributed by atoms with Crippen molar-refractivity contribution in [1.82, 2.24) is 0 Å². The van der Waals surface area contributed by atoms with Crippen LogP contribution in [-0.2, 0) is 18.9 Å². The zero-order valence-corrected chi connectivity index (χ0v) is 11.9. The number of ether oxygens (including phenoxy) is 4. The molecule has 2 aliphatic rings. The number of hydrogen-bond donors (Lipinski definition) is 6. The quantitative estimate of drug-likeness (QED) is 0.300. The lowest BCUT2D eigenvalue weighted by atomic mass is 9.98. The van der Waals surface area contributed by atoms with E-state index in [1.54, 1.807) is 0 Å². The Morgan fingerprint density at radius 1 is 0.955 bits per heavy atom. The fraction of sp³-hybridized carbons (Fsp3) is 1.00. The summed E-state index contributed by atoms with van der Waals surface area (Å²) >= 11 is 0. The Balaban J connectivity index is 2.06. The molecule has 0 aromatic carbocycles. The first-order chi connectivity index (χ1) is 10.4. The van der Waals surface area contributed by atoms with Crippen molar-refractivity contribution in [3.63, 3.8) is 0 Å². The molecule has 6 N–H and O–H groups in total. The van der Waals surface area contributed by atoms with Crippen LogP contribution in [0.5, 0.6) is 0 Å². The summed E-state index contributed by atoms with van der Waals surface area (Å²) in [4.78, 5) is 0. The molecule has 10 heteroatoms. The Bertz CT molecular complexity index is 353. The van der Waals surface area contributed by atoms with Gasteiger partial charge in [-0.1, -0.05) is 0 Å². The highest BCUT2D eigenvalue weighted by Gasteiger charge is 2.48. The van der Waals surface area contributed by atoms with Gasteiger partial charge in [0, 0.05) is 7.11 Å². The monoisotopic (exact) mass is 326 g/mol. The Morgan fingerprint density at radius 2 is 1.64 bits per heavy atom. The summed E-state index contributed by atoms with van der Waals surface area (Å²) in [5, 5.41) is 57.8.